The molecule has 38 heteroatoms. The van der Waals surface area contributed by atoms with E-state index in [1.54, 1.807) is 29.2 Å². The molecule has 0 bridgehead atoms. The fraction of sp³-hybridized carbons (Fsp3) is 0.391. The number of morpholine rings is 2. The van der Waals surface area contributed by atoms with E-state index in [1.165, 1.54) is 58.4 Å². The van der Waals surface area contributed by atoms with Crippen LogP contribution in [0.5, 0.6) is 11.5 Å². The molecule has 0 radical (unpaired) electrons. The molecular formula is C64H78N18O16S4. The number of ketones is 2. The van der Waals surface area contributed by atoms with Gasteiger partial charge in [0.25, 0.3) is 26.1 Å². The molecule has 102 heavy (non-hydrogen) atoms. The smallest absolute Gasteiger partial charge is 0.294 e. The highest BCUT2D eigenvalue weighted by molar-refractivity contribution is 7.86. The average molecular weight is 1480 g/mol. The monoisotopic (exact) mass is 1480 g/mol. The third-order valence-electron chi connectivity index (χ3n) is 15.9. The molecule has 0 aliphatic carbocycles. The zero-order valence-electron chi connectivity index (χ0n) is 57.0. The number of anilines is 11. The summed E-state index contributed by atoms with van der Waals surface area (Å²) in [6.07, 6.45) is 1.36. The molecule has 9 rings (SSSR count). The lowest BCUT2D eigenvalue weighted by molar-refractivity contribution is -0.126. The number of carbonyl (C=O) groups excluding carboxylic acids is 4. The van der Waals surface area contributed by atoms with Gasteiger partial charge in [0.2, 0.25) is 34.0 Å². The van der Waals surface area contributed by atoms with Crippen molar-refractivity contribution in [3.05, 3.63) is 88.1 Å². The Morgan fingerprint density at radius 3 is 1.52 bits per heavy atom. The van der Waals surface area contributed by atoms with Crippen LogP contribution in [-0.4, -0.2) is 204 Å². The molecule has 0 saturated carbocycles. The summed E-state index contributed by atoms with van der Waals surface area (Å²) in [5.41, 5.74) is 1.87. The molecule has 2 saturated heterocycles. The number of hydrogen-bond donors (Lipinski definition) is 8. The molecule has 2 aliphatic heterocycles. The number of rotatable bonds is 33. The maximum absolute atomic E-state index is 14.2. The van der Waals surface area contributed by atoms with Crippen LogP contribution in [0.1, 0.15) is 57.2 Å². The van der Waals surface area contributed by atoms with Crippen molar-refractivity contribution >= 4 is 158 Å². The molecule has 0 spiro atoms. The molecule has 5 heterocycles. The van der Waals surface area contributed by atoms with Crippen LogP contribution in [0.25, 0.3) is 6.08 Å². The average Bonchev–Trinajstić information content (AvgIpc) is 1.42. The Morgan fingerprint density at radius 2 is 1.08 bits per heavy atom. The van der Waals surface area contributed by atoms with E-state index >= 15 is 0 Å². The van der Waals surface area contributed by atoms with E-state index in [9.17, 15) is 55.3 Å². The topological polar surface area (TPSA) is 433 Å². The number of hydrogen-bond acceptors (Lipinski definition) is 32. The number of aliphatic hydroxyl groups excluding tert-OH is 2. The lowest BCUT2D eigenvalue weighted by atomic mass is 10.0. The number of carbonyl (C=O) groups is 4. The molecule has 8 N–H and O–H groups in total. The minimum Gasteiger partial charge on any atom is -0.494 e. The second-order valence-electron chi connectivity index (χ2n) is 22.5. The Bertz CT molecular complexity index is 4510. The molecule has 2 amide bonds. The normalized spacial score (nSPS) is 14.0. The van der Waals surface area contributed by atoms with Crippen molar-refractivity contribution in [1.82, 2.24) is 24.9 Å². The van der Waals surface area contributed by atoms with Gasteiger partial charge >= 0.3 is 0 Å². The van der Waals surface area contributed by atoms with Crippen LogP contribution in [-0.2, 0) is 48.9 Å². The van der Waals surface area contributed by atoms with Crippen LogP contribution in [0, 0.1) is 0 Å². The van der Waals surface area contributed by atoms with Gasteiger partial charge in [-0.05, 0) is 96.1 Å². The number of Topliss-reactive ketones (excluding diaryl/α,β-unsaturated/α-hetero) is 2. The molecule has 2 fully saturated rings. The van der Waals surface area contributed by atoms with Gasteiger partial charge in [-0.3, -0.25) is 28.3 Å². The van der Waals surface area contributed by atoms with Crippen LogP contribution >= 0.6 is 22.7 Å². The maximum Gasteiger partial charge on any atom is 0.294 e. The van der Waals surface area contributed by atoms with Gasteiger partial charge in [-0.2, -0.15) is 41.8 Å². The lowest BCUT2D eigenvalue weighted by Crippen LogP contribution is -2.38. The van der Waals surface area contributed by atoms with E-state index < -0.39 is 59.3 Å². The number of benzene rings is 4. The molecule has 3 aromatic heterocycles. The molecule has 1 atom stereocenters. The first-order valence-corrected chi connectivity index (χ1v) is 36.6. The van der Waals surface area contributed by atoms with E-state index in [1.807, 2.05) is 47.3 Å². The highest BCUT2D eigenvalue weighted by Gasteiger charge is 2.35. The van der Waals surface area contributed by atoms with Crippen LogP contribution in [0.3, 0.4) is 0 Å². The van der Waals surface area contributed by atoms with Crippen molar-refractivity contribution in [3.63, 3.8) is 0 Å². The molecule has 1 unspecified atom stereocenters. The number of aromatic nitrogens is 5. The lowest BCUT2D eigenvalue weighted by Gasteiger charge is -2.28. The summed E-state index contributed by atoms with van der Waals surface area (Å²) in [4.78, 5) is 88.2. The van der Waals surface area contributed by atoms with Gasteiger partial charge in [-0.25, -0.2) is 0 Å². The van der Waals surface area contributed by atoms with Gasteiger partial charge in [-0.15, -0.1) is 20.5 Å². The fourth-order valence-corrected chi connectivity index (χ4v) is 13.8. The first-order chi connectivity index (χ1) is 48.9. The minimum atomic E-state index is -4.65. The summed E-state index contributed by atoms with van der Waals surface area (Å²) >= 11 is 1.95. The van der Waals surface area contributed by atoms with E-state index in [-0.39, 0.29) is 105 Å². The second kappa shape index (κ2) is 34.7. The van der Waals surface area contributed by atoms with Crippen molar-refractivity contribution < 1.29 is 74.3 Å². The van der Waals surface area contributed by atoms with E-state index in [2.05, 4.69) is 31.5 Å². The fourth-order valence-electron chi connectivity index (χ4n) is 10.9. The van der Waals surface area contributed by atoms with Gasteiger partial charge in [0, 0.05) is 89.0 Å². The SMILES string of the molecule is CCN(CC)c1cc(Nc2nc(Nc3cc(N(CC)CC)c(OC)cc3N=Nc3nc(N4CCOCC4)c(C(C(C)=O)C(=O)Nc4cccc(S(=O)(=O)O)c4)s3)nc(N(CCO)CCO)n2)c(N=Nc2nc(N3CCOCC3)c(/C=C(\C(C)=O)C(=O)Nc3cccc(S(=O)(=O)O)c3)s2)cc1OC. The van der Waals surface area contributed by atoms with E-state index in [4.69, 9.17) is 54.1 Å². The Kier molecular flexibility index (Phi) is 26.0. The van der Waals surface area contributed by atoms with Crippen molar-refractivity contribution in [3.8, 4) is 11.5 Å². The number of thiazole rings is 2. The van der Waals surface area contributed by atoms with Crippen LogP contribution in [0.4, 0.5) is 85.2 Å². The molecule has 34 nitrogen and oxygen atoms in total. The summed E-state index contributed by atoms with van der Waals surface area (Å²) < 4.78 is 90.5. The van der Waals surface area contributed by atoms with Gasteiger partial charge in [0.1, 0.15) is 46.2 Å². The maximum atomic E-state index is 14.2. The standard InChI is InChI=1S/C64H78N18O16S4/c1-9-78(10-2)49-34-45(47(36-51(49)95-7)74-76-63-69-56(80-21-27-97-28-22-80)53(99-63)33-44(38(5)85)58(87)65-40-15-13-17-42(31-40)101(89,90)91)67-60-71-61(73-62(72-60)82(19-25-83)20-26-84)68-46-35-50(79(11-3)12-4)52(96-8)37-48(46)75-77-64-70-57(81-23-29-98-30-24-81)55(100-64)54(39(6)86)59(88)66-41-16-14-18-43(32-41)102(92,93)94/h13-18,31-37,54,83-84H,9-12,19-30H2,1-8H3,(H,65,87)(H,66,88)(H,89,90,91)(H,92,93,94)(H2,67,68,71,72,73)/b44-33+,76-74?,77-75?. The summed E-state index contributed by atoms with van der Waals surface area (Å²) in [6.45, 7) is 14.5. The van der Waals surface area contributed by atoms with Crippen LogP contribution in [0.15, 0.2) is 109 Å². The largest absolute Gasteiger partial charge is 0.494 e. The number of nitrogens with one attached hydrogen (secondary N) is 4. The van der Waals surface area contributed by atoms with Crippen LogP contribution < -0.4 is 55.2 Å². The first kappa shape index (κ1) is 76.4. The van der Waals surface area contributed by atoms with Gasteiger partial charge in [0.15, 0.2) is 5.78 Å². The third-order valence-corrected chi connectivity index (χ3v) is 19.5. The summed E-state index contributed by atoms with van der Waals surface area (Å²) in [5.74, 6) is -3.05. The number of nitrogens with zero attached hydrogens (tertiary/aromatic N) is 14. The molecule has 4 aromatic carbocycles. The van der Waals surface area contributed by atoms with Gasteiger partial charge in [-0.1, -0.05) is 34.8 Å². The van der Waals surface area contributed by atoms with Gasteiger partial charge < -0.3 is 74.9 Å². The minimum absolute atomic E-state index is 0.00176. The third kappa shape index (κ3) is 19.0. The highest BCUT2D eigenvalue weighted by atomic mass is 32.2. The molecule has 2 aliphatic rings. The summed E-state index contributed by atoms with van der Waals surface area (Å²) in [5, 5.41) is 51.3. The number of methoxy groups -OCH3 is 2. The van der Waals surface area contributed by atoms with Crippen molar-refractivity contribution in [2.75, 3.05) is 165 Å². The van der Waals surface area contributed by atoms with Crippen molar-refractivity contribution in [1.29, 1.82) is 0 Å². The number of ether oxygens (including phenoxy) is 4. The Labute approximate surface area is 596 Å². The predicted octanol–water partition coefficient (Wildman–Crippen LogP) is 8.69. The van der Waals surface area contributed by atoms with E-state index in [0.717, 1.165) is 46.9 Å². The molecular weight excluding hydrogens is 1410 g/mol. The van der Waals surface area contributed by atoms with Crippen molar-refractivity contribution in [2.45, 2.75) is 57.3 Å². The molecule has 7 aromatic rings. The van der Waals surface area contributed by atoms with Crippen molar-refractivity contribution in [2.24, 2.45) is 20.5 Å². The quantitative estimate of drug-likeness (QED) is 0.00626. The van der Waals surface area contributed by atoms with Gasteiger partial charge in [0.05, 0.1) is 102 Å². The Morgan fingerprint density at radius 1 is 0.618 bits per heavy atom. The number of aliphatic hydroxyl groups is 2. The molecule has 544 valence electrons. The first-order valence-electron chi connectivity index (χ1n) is 32.1. The summed E-state index contributed by atoms with van der Waals surface area (Å²) in [6, 6.07) is 16.7. The summed E-state index contributed by atoms with van der Waals surface area (Å²) in [7, 11) is -6.26. The van der Waals surface area contributed by atoms with Crippen LogP contribution in [0.2, 0.25) is 0 Å². The number of amides is 2. The Hall–Kier alpha value is -9.77. The predicted molar refractivity (Wildman–Crippen MR) is 386 cm³/mol. The number of azo groups is 2. The van der Waals surface area contributed by atoms with E-state index in [0.29, 0.717) is 112 Å². The Balaban J connectivity index is 1.14. The zero-order chi connectivity index (χ0) is 73.4. The highest BCUT2D eigenvalue weighted by Crippen LogP contribution is 2.45. The zero-order valence-corrected chi connectivity index (χ0v) is 60.2. The second-order valence-corrected chi connectivity index (χ2v) is 27.3.